The van der Waals surface area contributed by atoms with Gasteiger partial charge in [0.15, 0.2) is 0 Å². The first-order valence-corrected chi connectivity index (χ1v) is 7.15. The van der Waals surface area contributed by atoms with Crippen molar-refractivity contribution in [2.45, 2.75) is 25.4 Å². The SMILES string of the molecule is O=C(CCN1CCCC1=O)NCC(O)c1c(F)cccc1F. The summed E-state index contributed by atoms with van der Waals surface area (Å²) in [7, 11) is 0. The van der Waals surface area contributed by atoms with Gasteiger partial charge in [0.2, 0.25) is 11.8 Å². The van der Waals surface area contributed by atoms with Crippen LogP contribution >= 0.6 is 0 Å². The van der Waals surface area contributed by atoms with E-state index in [0.717, 1.165) is 18.6 Å². The zero-order chi connectivity index (χ0) is 16.1. The van der Waals surface area contributed by atoms with Gasteiger partial charge >= 0.3 is 0 Å². The number of nitrogens with one attached hydrogen (secondary N) is 1. The van der Waals surface area contributed by atoms with Gasteiger partial charge in [-0.15, -0.1) is 0 Å². The molecule has 1 unspecified atom stereocenters. The van der Waals surface area contributed by atoms with Crippen molar-refractivity contribution in [2.24, 2.45) is 0 Å². The van der Waals surface area contributed by atoms with Crippen LogP contribution < -0.4 is 5.32 Å². The van der Waals surface area contributed by atoms with E-state index in [1.54, 1.807) is 4.90 Å². The first-order valence-electron chi connectivity index (χ1n) is 7.15. The molecule has 1 aromatic rings. The number of halogens is 2. The van der Waals surface area contributed by atoms with E-state index >= 15 is 0 Å². The number of carbonyl (C=O) groups excluding carboxylic acids is 2. The van der Waals surface area contributed by atoms with Crippen LogP contribution in [-0.2, 0) is 9.59 Å². The number of likely N-dealkylation sites (tertiary alicyclic amines) is 1. The van der Waals surface area contributed by atoms with Crippen LogP contribution in [0.25, 0.3) is 0 Å². The Kier molecular flexibility index (Phi) is 5.43. The number of amides is 2. The van der Waals surface area contributed by atoms with Gasteiger partial charge in [0.25, 0.3) is 0 Å². The minimum atomic E-state index is -1.46. The highest BCUT2D eigenvalue weighted by atomic mass is 19.1. The summed E-state index contributed by atoms with van der Waals surface area (Å²) in [6.45, 7) is 0.675. The predicted molar refractivity (Wildman–Crippen MR) is 74.8 cm³/mol. The lowest BCUT2D eigenvalue weighted by molar-refractivity contribution is -0.128. The lowest BCUT2D eigenvalue weighted by Gasteiger charge is -2.16. The minimum Gasteiger partial charge on any atom is -0.386 e. The number of nitrogens with zero attached hydrogens (tertiary/aromatic N) is 1. The normalized spacial score (nSPS) is 16.0. The number of carbonyl (C=O) groups is 2. The molecule has 1 aromatic carbocycles. The predicted octanol–water partition coefficient (Wildman–Crippen LogP) is 1.13. The van der Waals surface area contributed by atoms with Gasteiger partial charge in [-0.3, -0.25) is 9.59 Å². The molecule has 2 N–H and O–H groups in total. The molecule has 5 nitrogen and oxygen atoms in total. The Balaban J connectivity index is 1.79. The molecule has 0 aromatic heterocycles. The van der Waals surface area contributed by atoms with E-state index in [2.05, 4.69) is 5.32 Å². The van der Waals surface area contributed by atoms with Crippen molar-refractivity contribution in [3.8, 4) is 0 Å². The van der Waals surface area contributed by atoms with Crippen molar-refractivity contribution < 1.29 is 23.5 Å². The summed E-state index contributed by atoms with van der Waals surface area (Å²) in [6, 6.07) is 3.29. The Morgan fingerprint density at radius 3 is 2.64 bits per heavy atom. The molecule has 1 aliphatic heterocycles. The van der Waals surface area contributed by atoms with Crippen LogP contribution in [-0.4, -0.2) is 41.5 Å². The van der Waals surface area contributed by atoms with Gasteiger partial charge in [-0.25, -0.2) is 8.78 Å². The first kappa shape index (κ1) is 16.4. The van der Waals surface area contributed by atoms with E-state index in [1.165, 1.54) is 6.07 Å². The third-order valence-corrected chi connectivity index (χ3v) is 3.61. The van der Waals surface area contributed by atoms with E-state index in [9.17, 15) is 23.5 Å². The molecular weight excluding hydrogens is 294 g/mol. The summed E-state index contributed by atoms with van der Waals surface area (Å²) in [5, 5.41) is 12.2. The molecule has 22 heavy (non-hydrogen) atoms. The number of hydrogen-bond acceptors (Lipinski definition) is 3. The van der Waals surface area contributed by atoms with Crippen LogP contribution in [0.3, 0.4) is 0 Å². The zero-order valence-corrected chi connectivity index (χ0v) is 12.0. The monoisotopic (exact) mass is 312 g/mol. The second-order valence-corrected chi connectivity index (χ2v) is 5.19. The van der Waals surface area contributed by atoms with E-state index < -0.39 is 23.3 Å². The van der Waals surface area contributed by atoms with Crippen molar-refractivity contribution in [3.05, 3.63) is 35.4 Å². The Bertz CT molecular complexity index is 545. The molecule has 0 aliphatic carbocycles. The Morgan fingerprint density at radius 2 is 2.05 bits per heavy atom. The molecule has 1 atom stereocenters. The van der Waals surface area contributed by atoms with Crippen molar-refractivity contribution in [3.63, 3.8) is 0 Å². The number of aliphatic hydroxyl groups is 1. The number of benzene rings is 1. The van der Waals surface area contributed by atoms with Crippen LogP contribution in [0.2, 0.25) is 0 Å². The summed E-state index contributed by atoms with van der Waals surface area (Å²) < 4.78 is 26.9. The van der Waals surface area contributed by atoms with Crippen LogP contribution in [0.1, 0.15) is 30.9 Å². The minimum absolute atomic E-state index is 0.0289. The maximum Gasteiger partial charge on any atom is 0.222 e. The molecule has 0 radical (unpaired) electrons. The molecular formula is C15H18F2N2O3. The average molecular weight is 312 g/mol. The quantitative estimate of drug-likeness (QED) is 0.827. The summed E-state index contributed by atoms with van der Waals surface area (Å²) in [5.41, 5.74) is -0.461. The number of hydrogen-bond donors (Lipinski definition) is 2. The highest BCUT2D eigenvalue weighted by molar-refractivity contribution is 5.80. The van der Waals surface area contributed by atoms with Crippen molar-refractivity contribution in [1.29, 1.82) is 0 Å². The van der Waals surface area contributed by atoms with Crippen LogP contribution in [0.15, 0.2) is 18.2 Å². The van der Waals surface area contributed by atoms with Gasteiger partial charge in [-0.05, 0) is 18.6 Å². The largest absolute Gasteiger partial charge is 0.386 e. The third-order valence-electron chi connectivity index (χ3n) is 3.61. The summed E-state index contributed by atoms with van der Waals surface area (Å²) in [5.74, 6) is -2.06. The molecule has 0 bridgehead atoms. The van der Waals surface area contributed by atoms with E-state index in [0.29, 0.717) is 19.5 Å². The molecule has 1 heterocycles. The number of rotatable bonds is 6. The van der Waals surface area contributed by atoms with Gasteiger partial charge in [-0.2, -0.15) is 0 Å². The lowest BCUT2D eigenvalue weighted by atomic mass is 10.1. The second kappa shape index (κ2) is 7.31. The maximum atomic E-state index is 13.5. The summed E-state index contributed by atoms with van der Waals surface area (Å²) in [4.78, 5) is 24.7. The molecule has 0 saturated carbocycles. The Morgan fingerprint density at radius 1 is 1.36 bits per heavy atom. The van der Waals surface area contributed by atoms with Gasteiger partial charge in [0.1, 0.15) is 17.7 Å². The van der Waals surface area contributed by atoms with Crippen LogP contribution in [0.4, 0.5) is 8.78 Å². The number of aliphatic hydroxyl groups excluding tert-OH is 1. The fourth-order valence-corrected chi connectivity index (χ4v) is 2.41. The van der Waals surface area contributed by atoms with E-state index in [4.69, 9.17) is 0 Å². The van der Waals surface area contributed by atoms with Crippen LogP contribution in [0.5, 0.6) is 0 Å². The van der Waals surface area contributed by atoms with Gasteiger partial charge < -0.3 is 15.3 Å². The fourth-order valence-electron chi connectivity index (χ4n) is 2.41. The van der Waals surface area contributed by atoms with Crippen molar-refractivity contribution in [2.75, 3.05) is 19.6 Å². The lowest BCUT2D eigenvalue weighted by Crippen LogP contribution is -2.33. The zero-order valence-electron chi connectivity index (χ0n) is 12.0. The standard InChI is InChI=1S/C15H18F2N2O3/c16-10-3-1-4-11(17)15(10)12(20)9-18-13(21)6-8-19-7-2-5-14(19)22/h1,3-4,12,20H,2,5-9H2,(H,18,21). The fraction of sp³-hybridized carbons (Fsp3) is 0.467. The van der Waals surface area contributed by atoms with Gasteiger partial charge in [0.05, 0.1) is 5.56 Å². The van der Waals surface area contributed by atoms with Gasteiger partial charge in [0, 0.05) is 32.5 Å². The van der Waals surface area contributed by atoms with Crippen molar-refractivity contribution >= 4 is 11.8 Å². The highest BCUT2D eigenvalue weighted by Crippen LogP contribution is 2.19. The Hall–Kier alpha value is -2.02. The average Bonchev–Trinajstić information content (AvgIpc) is 2.88. The molecule has 1 fully saturated rings. The van der Waals surface area contributed by atoms with Crippen molar-refractivity contribution in [1.82, 2.24) is 10.2 Å². The third kappa shape index (κ3) is 4.00. The Labute approximate surface area is 126 Å². The summed E-state index contributed by atoms with van der Waals surface area (Å²) in [6.07, 6.45) is -0.0600. The molecule has 0 spiro atoms. The summed E-state index contributed by atoms with van der Waals surface area (Å²) >= 11 is 0. The van der Waals surface area contributed by atoms with Gasteiger partial charge in [-0.1, -0.05) is 6.07 Å². The molecule has 2 amide bonds. The topological polar surface area (TPSA) is 69.6 Å². The molecule has 120 valence electrons. The van der Waals surface area contributed by atoms with E-state index in [-0.39, 0.29) is 24.8 Å². The molecule has 1 saturated heterocycles. The smallest absolute Gasteiger partial charge is 0.222 e. The first-order chi connectivity index (χ1) is 10.5. The second-order valence-electron chi connectivity index (χ2n) is 5.19. The van der Waals surface area contributed by atoms with E-state index in [1.807, 2.05) is 0 Å². The molecule has 1 aliphatic rings. The molecule has 2 rings (SSSR count). The maximum absolute atomic E-state index is 13.5. The highest BCUT2D eigenvalue weighted by Gasteiger charge is 2.21. The van der Waals surface area contributed by atoms with Crippen LogP contribution in [0, 0.1) is 11.6 Å². The molecule has 7 heteroatoms.